The summed E-state index contributed by atoms with van der Waals surface area (Å²) in [4.78, 5) is 31.9. The Labute approximate surface area is 195 Å². The quantitative estimate of drug-likeness (QED) is 0.594. The Kier molecular flexibility index (Phi) is 7.04. The van der Waals surface area contributed by atoms with Crippen molar-refractivity contribution in [2.75, 3.05) is 13.2 Å². The smallest absolute Gasteiger partial charge is 0.254 e. The topological polar surface area (TPSA) is 71.5 Å². The minimum atomic E-state index is -0.103. The molecule has 1 fully saturated rings. The lowest BCUT2D eigenvalue weighted by atomic mass is 9.95. The summed E-state index contributed by atoms with van der Waals surface area (Å²) in [6.45, 7) is 7.13. The van der Waals surface area contributed by atoms with Crippen LogP contribution in [0.4, 0.5) is 0 Å². The van der Waals surface area contributed by atoms with Gasteiger partial charge in [0.15, 0.2) is 0 Å². The van der Waals surface area contributed by atoms with Gasteiger partial charge in [-0.3, -0.25) is 14.6 Å². The normalized spacial score (nSPS) is 18.3. The van der Waals surface area contributed by atoms with Crippen molar-refractivity contribution in [3.8, 4) is 0 Å². The minimum absolute atomic E-state index is 0.0367. The maximum Gasteiger partial charge on any atom is 0.254 e. The van der Waals surface area contributed by atoms with Crippen LogP contribution in [0.2, 0.25) is 0 Å². The standard InChI is InChI=1S/C27H31N3O3/c1-4-30(27(32)22-11-12-24-21(16-22)6-5-14-28-24)23-13-15-33-25(17-23)19-7-9-20(10-8-19)26(31)29-18(2)3/h5-12,14,16,18,23,25H,4,13,15,17H2,1-3H3,(H,29,31)/t23-,25+/m1/s1. The third kappa shape index (κ3) is 5.22. The zero-order chi connectivity index (χ0) is 23.4. The van der Waals surface area contributed by atoms with Gasteiger partial charge in [-0.15, -0.1) is 0 Å². The van der Waals surface area contributed by atoms with Crippen LogP contribution in [0, 0.1) is 0 Å². The van der Waals surface area contributed by atoms with Crippen molar-refractivity contribution in [2.24, 2.45) is 0 Å². The molecule has 6 heteroatoms. The highest BCUT2D eigenvalue weighted by Gasteiger charge is 2.31. The predicted octanol–water partition coefficient (Wildman–Crippen LogP) is 4.76. The van der Waals surface area contributed by atoms with Crippen molar-refractivity contribution in [3.63, 3.8) is 0 Å². The van der Waals surface area contributed by atoms with Crippen molar-refractivity contribution in [1.82, 2.24) is 15.2 Å². The molecule has 1 aromatic heterocycles. The molecule has 6 nitrogen and oxygen atoms in total. The van der Waals surface area contributed by atoms with Crippen LogP contribution in [-0.2, 0) is 4.74 Å². The Morgan fingerprint density at radius 2 is 1.88 bits per heavy atom. The van der Waals surface area contributed by atoms with E-state index >= 15 is 0 Å². The molecule has 2 atom stereocenters. The van der Waals surface area contributed by atoms with Crippen LogP contribution in [0.5, 0.6) is 0 Å². The van der Waals surface area contributed by atoms with E-state index in [1.807, 2.05) is 80.3 Å². The summed E-state index contributed by atoms with van der Waals surface area (Å²) in [5.74, 6) is -0.0399. The molecule has 2 aromatic carbocycles. The van der Waals surface area contributed by atoms with Gasteiger partial charge in [0.25, 0.3) is 11.8 Å². The Morgan fingerprint density at radius 1 is 1.12 bits per heavy atom. The second-order valence-corrected chi connectivity index (χ2v) is 8.79. The van der Waals surface area contributed by atoms with Gasteiger partial charge in [0.2, 0.25) is 0 Å². The lowest BCUT2D eigenvalue weighted by Crippen LogP contribution is -2.44. The molecule has 1 aliphatic rings. The Morgan fingerprint density at radius 3 is 2.61 bits per heavy atom. The molecule has 0 spiro atoms. The van der Waals surface area contributed by atoms with Crippen LogP contribution in [0.3, 0.4) is 0 Å². The first-order valence-corrected chi connectivity index (χ1v) is 11.6. The van der Waals surface area contributed by atoms with Crippen molar-refractivity contribution in [3.05, 3.63) is 77.5 Å². The van der Waals surface area contributed by atoms with Crippen molar-refractivity contribution < 1.29 is 14.3 Å². The van der Waals surface area contributed by atoms with E-state index in [4.69, 9.17) is 4.74 Å². The largest absolute Gasteiger partial charge is 0.373 e. The molecule has 172 valence electrons. The molecule has 1 N–H and O–H groups in total. The van der Waals surface area contributed by atoms with Gasteiger partial charge in [-0.2, -0.15) is 0 Å². The molecule has 33 heavy (non-hydrogen) atoms. The fourth-order valence-electron chi connectivity index (χ4n) is 4.43. The van der Waals surface area contributed by atoms with Gasteiger partial charge in [-0.1, -0.05) is 18.2 Å². The van der Waals surface area contributed by atoms with Gasteiger partial charge >= 0.3 is 0 Å². The number of hydrogen-bond acceptors (Lipinski definition) is 4. The predicted molar refractivity (Wildman–Crippen MR) is 129 cm³/mol. The number of rotatable bonds is 6. The Hall–Kier alpha value is -3.25. The van der Waals surface area contributed by atoms with E-state index in [-0.39, 0.29) is 30.0 Å². The Balaban J connectivity index is 1.48. The van der Waals surface area contributed by atoms with Crippen LogP contribution in [0.1, 0.15) is 66.0 Å². The number of pyridine rings is 1. The number of nitrogens with zero attached hydrogens (tertiary/aromatic N) is 2. The third-order valence-corrected chi connectivity index (χ3v) is 6.11. The van der Waals surface area contributed by atoms with Gasteiger partial charge in [-0.05, 0) is 75.6 Å². The third-order valence-electron chi connectivity index (χ3n) is 6.11. The van der Waals surface area contributed by atoms with Crippen molar-refractivity contribution in [1.29, 1.82) is 0 Å². The number of carbonyl (C=O) groups excluding carboxylic acids is 2. The number of carbonyl (C=O) groups is 2. The molecule has 0 bridgehead atoms. The number of aromatic nitrogens is 1. The average molecular weight is 446 g/mol. The fourth-order valence-corrected chi connectivity index (χ4v) is 4.43. The van der Waals surface area contributed by atoms with E-state index in [9.17, 15) is 9.59 Å². The highest BCUT2D eigenvalue weighted by atomic mass is 16.5. The van der Waals surface area contributed by atoms with Crippen LogP contribution in [-0.4, -0.2) is 46.9 Å². The lowest BCUT2D eigenvalue weighted by Gasteiger charge is -2.37. The Bertz CT molecular complexity index is 1130. The summed E-state index contributed by atoms with van der Waals surface area (Å²) in [6.07, 6.45) is 3.19. The van der Waals surface area contributed by atoms with Crippen molar-refractivity contribution in [2.45, 2.75) is 51.8 Å². The molecule has 0 saturated carbocycles. The number of amides is 2. The second kappa shape index (κ2) is 10.1. The molecule has 4 rings (SSSR count). The number of hydrogen-bond donors (Lipinski definition) is 1. The first-order valence-electron chi connectivity index (χ1n) is 11.6. The van der Waals surface area contributed by atoms with Crippen LogP contribution in [0.25, 0.3) is 10.9 Å². The first-order chi connectivity index (χ1) is 16.0. The zero-order valence-corrected chi connectivity index (χ0v) is 19.5. The lowest BCUT2D eigenvalue weighted by molar-refractivity contribution is -0.0231. The monoisotopic (exact) mass is 445 g/mol. The van der Waals surface area contributed by atoms with Gasteiger partial charge in [0.1, 0.15) is 0 Å². The number of fused-ring (bicyclic) bond motifs is 1. The van der Waals surface area contributed by atoms with E-state index in [0.29, 0.717) is 24.3 Å². The molecule has 2 heterocycles. The van der Waals surface area contributed by atoms with Crippen molar-refractivity contribution >= 4 is 22.7 Å². The van der Waals surface area contributed by atoms with Gasteiger partial charge in [-0.25, -0.2) is 0 Å². The summed E-state index contributed by atoms with van der Waals surface area (Å²) in [7, 11) is 0. The van der Waals surface area contributed by atoms with Gasteiger partial charge in [0, 0.05) is 47.9 Å². The highest BCUT2D eigenvalue weighted by molar-refractivity contribution is 5.98. The summed E-state index contributed by atoms with van der Waals surface area (Å²) in [5.41, 5.74) is 3.23. The molecule has 1 saturated heterocycles. The van der Waals surface area contributed by atoms with Crippen LogP contribution in [0.15, 0.2) is 60.8 Å². The maximum absolute atomic E-state index is 13.4. The van der Waals surface area contributed by atoms with Crippen LogP contribution < -0.4 is 5.32 Å². The first kappa shape index (κ1) is 22.9. The van der Waals surface area contributed by atoms with Gasteiger partial charge in [0.05, 0.1) is 11.6 Å². The highest BCUT2D eigenvalue weighted by Crippen LogP contribution is 2.31. The van der Waals surface area contributed by atoms with E-state index in [1.54, 1.807) is 6.20 Å². The summed E-state index contributed by atoms with van der Waals surface area (Å²) >= 11 is 0. The summed E-state index contributed by atoms with van der Waals surface area (Å²) in [6, 6.07) is 17.3. The van der Waals surface area contributed by atoms with E-state index in [1.165, 1.54) is 0 Å². The zero-order valence-electron chi connectivity index (χ0n) is 19.5. The summed E-state index contributed by atoms with van der Waals surface area (Å²) < 4.78 is 6.05. The molecule has 1 aliphatic heterocycles. The molecular formula is C27H31N3O3. The SMILES string of the molecule is CCN(C(=O)c1ccc2ncccc2c1)[C@@H]1CCO[C@H](c2ccc(C(=O)NC(C)C)cc2)C1. The van der Waals surface area contributed by atoms with Crippen LogP contribution >= 0.6 is 0 Å². The molecular weight excluding hydrogens is 414 g/mol. The van der Waals surface area contributed by atoms with E-state index in [2.05, 4.69) is 10.3 Å². The van der Waals surface area contributed by atoms with E-state index < -0.39 is 0 Å². The van der Waals surface area contributed by atoms with Gasteiger partial charge < -0.3 is 15.0 Å². The number of ether oxygens (including phenoxy) is 1. The number of nitrogens with one attached hydrogen (secondary N) is 1. The number of benzene rings is 2. The molecule has 0 unspecified atom stereocenters. The molecule has 3 aromatic rings. The maximum atomic E-state index is 13.4. The molecule has 0 aliphatic carbocycles. The minimum Gasteiger partial charge on any atom is -0.373 e. The molecule has 2 amide bonds. The average Bonchev–Trinajstić information content (AvgIpc) is 2.84. The van der Waals surface area contributed by atoms with E-state index in [0.717, 1.165) is 29.3 Å². The molecule has 0 radical (unpaired) electrons. The summed E-state index contributed by atoms with van der Waals surface area (Å²) in [5, 5.41) is 3.87. The fraction of sp³-hybridized carbons (Fsp3) is 0.370. The second-order valence-electron chi connectivity index (χ2n) is 8.79.